The number of aryl methyl sites for hydroxylation is 1. The highest BCUT2D eigenvalue weighted by Crippen LogP contribution is 1.98. The predicted octanol–water partition coefficient (Wildman–Crippen LogP) is 1.10. The Labute approximate surface area is 115 Å². The van der Waals surface area contributed by atoms with Crippen LogP contribution in [-0.4, -0.2) is 46.3 Å². The van der Waals surface area contributed by atoms with Crippen molar-refractivity contribution < 1.29 is 0 Å². The zero-order valence-electron chi connectivity index (χ0n) is 12.3. The number of aliphatic imine (C=N–C) groups is 1. The highest BCUT2D eigenvalue weighted by atomic mass is 15.3. The maximum Gasteiger partial charge on any atom is 0.193 e. The van der Waals surface area contributed by atoms with Gasteiger partial charge < -0.3 is 14.8 Å². The number of hydrogen-bond donors (Lipinski definition) is 1. The monoisotopic (exact) mass is 264 g/mol. The van der Waals surface area contributed by atoms with Crippen LogP contribution < -0.4 is 5.32 Å². The molecule has 0 fully saturated rings. The van der Waals surface area contributed by atoms with Crippen LogP contribution in [0.2, 0.25) is 0 Å². The maximum atomic E-state index is 4.27. The van der Waals surface area contributed by atoms with Gasteiger partial charge >= 0.3 is 0 Å². The summed E-state index contributed by atoms with van der Waals surface area (Å²) in [6.07, 6.45) is 4.03. The molecule has 0 unspecified atom stereocenters. The molecule has 1 rings (SSSR count). The largest absolute Gasteiger partial charge is 0.349 e. The Kier molecular flexibility index (Phi) is 6.05. The second kappa shape index (κ2) is 7.56. The lowest BCUT2D eigenvalue weighted by Gasteiger charge is -2.21. The summed E-state index contributed by atoms with van der Waals surface area (Å²) in [4.78, 5) is 6.37. The molecule has 0 amide bonds. The van der Waals surface area contributed by atoms with E-state index in [4.69, 9.17) is 0 Å². The molecular weight excluding hydrogens is 240 g/mol. The minimum atomic E-state index is 0.621. The normalized spacial score (nSPS) is 11.5. The fraction of sp³-hybridized carbons (Fsp3) is 0.615. The quantitative estimate of drug-likeness (QED) is 0.362. The number of nitrogens with one attached hydrogen (secondary N) is 1. The van der Waals surface area contributed by atoms with Gasteiger partial charge in [0.05, 0.1) is 6.54 Å². The molecule has 106 valence electrons. The summed E-state index contributed by atoms with van der Waals surface area (Å²) in [6.45, 7) is 7.23. The Balaban J connectivity index is 2.49. The Morgan fingerprint density at radius 1 is 1.53 bits per heavy atom. The summed E-state index contributed by atoms with van der Waals surface area (Å²) in [6, 6.07) is 0. The summed E-state index contributed by atoms with van der Waals surface area (Å²) in [5, 5.41) is 11.4. The standard InChI is InChI=1S/C13H24N6/c1-6-7-8-9-18(4)13(14-3)15-10-12-17-16-11(2)19(12)5/h6H,1,7-10H2,2-5H3,(H,14,15). The van der Waals surface area contributed by atoms with E-state index in [1.165, 1.54) is 0 Å². The van der Waals surface area contributed by atoms with E-state index in [0.717, 1.165) is 37.0 Å². The number of nitrogens with zero attached hydrogens (tertiary/aromatic N) is 5. The Hall–Kier alpha value is -1.85. The SMILES string of the molecule is C=CCCCN(C)C(=NC)NCc1nnc(C)n1C. The summed E-state index contributed by atoms with van der Waals surface area (Å²) in [5.41, 5.74) is 0. The molecule has 1 N–H and O–H groups in total. The molecule has 1 heterocycles. The van der Waals surface area contributed by atoms with Crippen molar-refractivity contribution in [2.24, 2.45) is 12.0 Å². The van der Waals surface area contributed by atoms with Crippen LogP contribution in [-0.2, 0) is 13.6 Å². The third-order valence-corrected chi connectivity index (χ3v) is 3.06. The molecule has 0 saturated carbocycles. The van der Waals surface area contributed by atoms with E-state index >= 15 is 0 Å². The number of hydrogen-bond acceptors (Lipinski definition) is 3. The van der Waals surface area contributed by atoms with E-state index in [0.29, 0.717) is 6.54 Å². The second-order valence-electron chi connectivity index (χ2n) is 4.48. The van der Waals surface area contributed by atoms with Gasteiger partial charge in [-0.2, -0.15) is 0 Å². The van der Waals surface area contributed by atoms with E-state index in [1.807, 2.05) is 31.7 Å². The van der Waals surface area contributed by atoms with Gasteiger partial charge in [0.1, 0.15) is 5.82 Å². The lowest BCUT2D eigenvalue weighted by atomic mass is 10.3. The molecule has 19 heavy (non-hydrogen) atoms. The highest BCUT2D eigenvalue weighted by molar-refractivity contribution is 5.79. The molecule has 0 bridgehead atoms. The molecule has 1 aromatic heterocycles. The van der Waals surface area contributed by atoms with Gasteiger partial charge in [-0.15, -0.1) is 16.8 Å². The molecule has 0 aliphatic rings. The van der Waals surface area contributed by atoms with Crippen molar-refractivity contribution in [1.29, 1.82) is 0 Å². The van der Waals surface area contributed by atoms with Gasteiger partial charge in [0, 0.05) is 27.7 Å². The average Bonchev–Trinajstić information content (AvgIpc) is 2.71. The van der Waals surface area contributed by atoms with Gasteiger partial charge in [-0.05, 0) is 19.8 Å². The Morgan fingerprint density at radius 3 is 2.79 bits per heavy atom. The summed E-state index contributed by atoms with van der Waals surface area (Å²) in [7, 11) is 5.78. The molecule has 0 atom stereocenters. The van der Waals surface area contributed by atoms with E-state index in [1.54, 1.807) is 7.05 Å². The van der Waals surface area contributed by atoms with Crippen LogP contribution in [0.3, 0.4) is 0 Å². The smallest absolute Gasteiger partial charge is 0.193 e. The zero-order valence-corrected chi connectivity index (χ0v) is 12.3. The van der Waals surface area contributed by atoms with Gasteiger partial charge in [0.25, 0.3) is 0 Å². The number of rotatable bonds is 6. The van der Waals surface area contributed by atoms with Gasteiger partial charge in [0.15, 0.2) is 11.8 Å². The molecule has 0 aliphatic carbocycles. The van der Waals surface area contributed by atoms with Gasteiger partial charge in [-0.3, -0.25) is 4.99 Å². The molecule has 0 saturated heterocycles. The van der Waals surface area contributed by atoms with Crippen LogP contribution in [0.15, 0.2) is 17.6 Å². The average molecular weight is 264 g/mol. The van der Waals surface area contributed by atoms with Crippen molar-refractivity contribution in [2.75, 3.05) is 20.6 Å². The molecule has 0 spiro atoms. The van der Waals surface area contributed by atoms with Gasteiger partial charge in [-0.1, -0.05) is 6.08 Å². The summed E-state index contributed by atoms with van der Waals surface area (Å²) in [5.74, 6) is 2.67. The summed E-state index contributed by atoms with van der Waals surface area (Å²) >= 11 is 0. The maximum absolute atomic E-state index is 4.27. The fourth-order valence-corrected chi connectivity index (χ4v) is 1.73. The highest BCUT2D eigenvalue weighted by Gasteiger charge is 2.08. The molecule has 0 aromatic carbocycles. The minimum Gasteiger partial charge on any atom is -0.349 e. The second-order valence-corrected chi connectivity index (χ2v) is 4.48. The van der Waals surface area contributed by atoms with Gasteiger partial charge in [0.2, 0.25) is 0 Å². The number of guanidine groups is 1. The van der Waals surface area contributed by atoms with Crippen LogP contribution in [0.4, 0.5) is 0 Å². The van der Waals surface area contributed by atoms with Crippen molar-refractivity contribution in [3.05, 3.63) is 24.3 Å². The molecule has 0 aliphatic heterocycles. The zero-order chi connectivity index (χ0) is 14.3. The third-order valence-electron chi connectivity index (χ3n) is 3.06. The molecule has 0 radical (unpaired) electrons. The van der Waals surface area contributed by atoms with E-state index < -0.39 is 0 Å². The predicted molar refractivity (Wildman–Crippen MR) is 78.0 cm³/mol. The molecule has 6 heteroatoms. The first-order valence-corrected chi connectivity index (χ1v) is 6.47. The van der Waals surface area contributed by atoms with Crippen LogP contribution in [0, 0.1) is 6.92 Å². The van der Waals surface area contributed by atoms with Crippen LogP contribution in [0.1, 0.15) is 24.5 Å². The Bertz CT molecular complexity index is 434. The molecule has 1 aromatic rings. The lowest BCUT2D eigenvalue weighted by Crippen LogP contribution is -2.39. The van der Waals surface area contributed by atoms with Crippen molar-refractivity contribution in [1.82, 2.24) is 25.0 Å². The van der Waals surface area contributed by atoms with E-state index in [2.05, 4.69) is 32.0 Å². The number of unbranched alkanes of at least 4 members (excludes halogenated alkanes) is 1. The van der Waals surface area contributed by atoms with Crippen LogP contribution in [0.25, 0.3) is 0 Å². The van der Waals surface area contributed by atoms with Crippen molar-refractivity contribution in [3.63, 3.8) is 0 Å². The first-order chi connectivity index (χ1) is 9.10. The van der Waals surface area contributed by atoms with Crippen molar-refractivity contribution >= 4 is 5.96 Å². The van der Waals surface area contributed by atoms with Crippen LogP contribution >= 0.6 is 0 Å². The lowest BCUT2D eigenvalue weighted by molar-refractivity contribution is 0.468. The number of allylic oxidation sites excluding steroid dienone is 1. The van der Waals surface area contributed by atoms with Crippen LogP contribution in [0.5, 0.6) is 0 Å². The van der Waals surface area contributed by atoms with E-state index in [-0.39, 0.29) is 0 Å². The van der Waals surface area contributed by atoms with E-state index in [9.17, 15) is 0 Å². The molecule has 6 nitrogen and oxygen atoms in total. The number of aromatic nitrogens is 3. The van der Waals surface area contributed by atoms with Crippen molar-refractivity contribution in [3.8, 4) is 0 Å². The molecular formula is C13H24N6. The third kappa shape index (κ3) is 4.39. The van der Waals surface area contributed by atoms with Gasteiger partial charge in [-0.25, -0.2) is 0 Å². The first kappa shape index (κ1) is 15.2. The fourth-order valence-electron chi connectivity index (χ4n) is 1.73. The Morgan fingerprint density at radius 2 is 2.26 bits per heavy atom. The first-order valence-electron chi connectivity index (χ1n) is 6.47. The topological polar surface area (TPSA) is 58.3 Å². The summed E-state index contributed by atoms with van der Waals surface area (Å²) < 4.78 is 1.97. The minimum absolute atomic E-state index is 0.621. The van der Waals surface area contributed by atoms with Crippen molar-refractivity contribution in [2.45, 2.75) is 26.3 Å².